The zero-order valence-corrected chi connectivity index (χ0v) is 19.7. The Bertz CT molecular complexity index is 1040. The van der Waals surface area contributed by atoms with Crippen LogP contribution in [0.15, 0.2) is 84.9 Å². The second-order valence-corrected chi connectivity index (χ2v) is 8.73. The SMILES string of the molecule is [Cl-].[Cl-].[Hf+2][CH]1c2ccccc2-c2cccc(C3=C(c4ccccc4)C=CC3)c21. The van der Waals surface area contributed by atoms with E-state index in [4.69, 9.17) is 0 Å². The third-order valence-corrected chi connectivity index (χ3v) is 7.45. The first-order valence-corrected chi connectivity index (χ1v) is 10.8. The molecular formula is C24H17Cl2Hf. The van der Waals surface area contributed by atoms with E-state index < -0.39 is 0 Å². The third-order valence-electron chi connectivity index (χ3n) is 5.30. The fourth-order valence-electron chi connectivity index (χ4n) is 4.17. The van der Waals surface area contributed by atoms with Crippen molar-refractivity contribution >= 4 is 11.1 Å². The van der Waals surface area contributed by atoms with Crippen LogP contribution >= 0.6 is 0 Å². The van der Waals surface area contributed by atoms with Crippen LogP contribution in [0.4, 0.5) is 0 Å². The summed E-state index contributed by atoms with van der Waals surface area (Å²) in [5.74, 6) is 0. The molecule has 0 aliphatic heterocycles. The summed E-state index contributed by atoms with van der Waals surface area (Å²) in [6, 6.07) is 26.6. The van der Waals surface area contributed by atoms with E-state index in [0.717, 1.165) is 30.8 Å². The molecule has 0 spiro atoms. The molecule has 2 aliphatic rings. The topological polar surface area (TPSA) is 0 Å². The first kappa shape index (κ1) is 20.3. The van der Waals surface area contributed by atoms with Gasteiger partial charge in [-0.05, 0) is 0 Å². The van der Waals surface area contributed by atoms with Crippen LogP contribution in [-0.2, 0) is 24.4 Å². The van der Waals surface area contributed by atoms with Crippen LogP contribution in [-0.4, -0.2) is 0 Å². The van der Waals surface area contributed by atoms with Gasteiger partial charge in [-0.15, -0.1) is 0 Å². The molecule has 0 saturated heterocycles. The molecule has 0 aromatic heterocycles. The monoisotopic (exact) mass is 555 g/mol. The van der Waals surface area contributed by atoms with E-state index in [1.165, 1.54) is 39.0 Å². The van der Waals surface area contributed by atoms with Crippen LogP contribution in [0.1, 0.15) is 32.3 Å². The summed E-state index contributed by atoms with van der Waals surface area (Å²) in [5, 5.41) is 0. The van der Waals surface area contributed by atoms with Gasteiger partial charge in [0.2, 0.25) is 0 Å². The first-order valence-electron chi connectivity index (χ1n) is 8.73. The fraction of sp³-hybridized carbons (Fsp3) is 0.0833. The number of hydrogen-bond donors (Lipinski definition) is 0. The van der Waals surface area contributed by atoms with Crippen LogP contribution in [0.3, 0.4) is 0 Å². The van der Waals surface area contributed by atoms with Gasteiger partial charge >= 0.3 is 164 Å². The fourth-order valence-corrected chi connectivity index (χ4v) is 6.19. The Morgan fingerprint density at radius 3 is 2.19 bits per heavy atom. The van der Waals surface area contributed by atoms with Gasteiger partial charge in [-0.25, -0.2) is 0 Å². The van der Waals surface area contributed by atoms with E-state index >= 15 is 0 Å². The summed E-state index contributed by atoms with van der Waals surface area (Å²) < 4.78 is 0.590. The molecule has 5 rings (SSSR count). The summed E-state index contributed by atoms with van der Waals surface area (Å²) in [7, 11) is 0. The van der Waals surface area contributed by atoms with Crippen LogP contribution in [0, 0.1) is 0 Å². The molecule has 0 fully saturated rings. The molecule has 0 saturated carbocycles. The molecule has 27 heavy (non-hydrogen) atoms. The maximum atomic E-state index is 2.33. The van der Waals surface area contributed by atoms with Crippen LogP contribution in [0.25, 0.3) is 22.3 Å². The minimum atomic E-state index is 0. The van der Waals surface area contributed by atoms with Crippen LogP contribution in [0.2, 0.25) is 0 Å². The van der Waals surface area contributed by atoms with Crippen molar-refractivity contribution in [3.05, 3.63) is 107 Å². The number of hydrogen-bond acceptors (Lipinski definition) is 0. The summed E-state index contributed by atoms with van der Waals surface area (Å²) in [6.45, 7) is 0. The molecule has 2 aliphatic carbocycles. The molecule has 0 N–H and O–H groups in total. The van der Waals surface area contributed by atoms with Crippen molar-refractivity contribution in [2.75, 3.05) is 0 Å². The summed E-state index contributed by atoms with van der Waals surface area (Å²) in [5.41, 5.74) is 11.6. The Morgan fingerprint density at radius 1 is 0.704 bits per heavy atom. The Labute approximate surface area is 187 Å². The van der Waals surface area contributed by atoms with Crippen molar-refractivity contribution in [3.8, 4) is 11.1 Å². The predicted molar refractivity (Wildman–Crippen MR) is 101 cm³/mol. The van der Waals surface area contributed by atoms with E-state index in [1.54, 1.807) is 5.56 Å². The summed E-state index contributed by atoms with van der Waals surface area (Å²) >= 11 is 1.15. The van der Waals surface area contributed by atoms with Gasteiger partial charge in [-0.1, -0.05) is 0 Å². The van der Waals surface area contributed by atoms with Gasteiger partial charge in [-0.3, -0.25) is 0 Å². The first-order chi connectivity index (χ1) is 12.3. The zero-order valence-electron chi connectivity index (χ0n) is 14.6. The Kier molecular flexibility index (Phi) is 6.25. The van der Waals surface area contributed by atoms with Crippen molar-refractivity contribution in [2.45, 2.75) is 10.1 Å². The van der Waals surface area contributed by atoms with Gasteiger partial charge in [0.25, 0.3) is 0 Å². The van der Waals surface area contributed by atoms with Crippen molar-refractivity contribution < 1.29 is 49.2 Å². The average molecular weight is 555 g/mol. The Balaban J connectivity index is 0.00000105. The van der Waals surface area contributed by atoms with E-state index in [0.29, 0.717) is 3.67 Å². The zero-order chi connectivity index (χ0) is 16.8. The van der Waals surface area contributed by atoms with E-state index in [2.05, 4.69) is 84.9 Å². The molecular weight excluding hydrogens is 538 g/mol. The van der Waals surface area contributed by atoms with Gasteiger partial charge in [0.05, 0.1) is 0 Å². The van der Waals surface area contributed by atoms with E-state index in [1.807, 2.05) is 0 Å². The number of benzene rings is 3. The van der Waals surface area contributed by atoms with Crippen LogP contribution in [0.5, 0.6) is 0 Å². The molecule has 3 aromatic carbocycles. The minimum absolute atomic E-state index is 0. The summed E-state index contributed by atoms with van der Waals surface area (Å²) in [6.07, 6.45) is 5.64. The Hall–Kier alpha value is -1.41. The second kappa shape index (κ2) is 8.31. The molecule has 1 atom stereocenters. The molecule has 131 valence electrons. The molecule has 0 bridgehead atoms. The molecule has 3 heteroatoms. The van der Waals surface area contributed by atoms with Gasteiger partial charge in [0.1, 0.15) is 0 Å². The summed E-state index contributed by atoms with van der Waals surface area (Å²) in [4.78, 5) is 0. The van der Waals surface area contributed by atoms with E-state index in [-0.39, 0.29) is 24.8 Å². The van der Waals surface area contributed by atoms with Gasteiger partial charge in [0, 0.05) is 0 Å². The standard InChI is InChI=1S/C24H17.2ClH.Hf/c1-2-8-17(9-3-1)19-12-6-13-21(19)23-15-7-14-22-20-11-5-4-10-18(20)16-24(22)23;;;/h1-12,14-16H,13H2;2*1H;/q;;;+2/p-2. The van der Waals surface area contributed by atoms with Crippen molar-refractivity contribution in [1.82, 2.24) is 0 Å². The van der Waals surface area contributed by atoms with E-state index in [9.17, 15) is 0 Å². The molecule has 1 unspecified atom stereocenters. The van der Waals surface area contributed by atoms with Gasteiger partial charge in [-0.2, -0.15) is 0 Å². The number of rotatable bonds is 2. The second-order valence-electron chi connectivity index (χ2n) is 6.65. The molecule has 0 radical (unpaired) electrons. The molecule has 0 amide bonds. The van der Waals surface area contributed by atoms with Crippen LogP contribution < -0.4 is 24.8 Å². The Morgan fingerprint density at radius 2 is 1.37 bits per heavy atom. The van der Waals surface area contributed by atoms with Crippen molar-refractivity contribution in [2.24, 2.45) is 0 Å². The van der Waals surface area contributed by atoms with Crippen molar-refractivity contribution in [3.63, 3.8) is 0 Å². The van der Waals surface area contributed by atoms with Crippen molar-refractivity contribution in [1.29, 1.82) is 0 Å². The maximum absolute atomic E-state index is 2.33. The number of fused-ring (bicyclic) bond motifs is 3. The molecule has 0 nitrogen and oxygen atoms in total. The number of allylic oxidation sites excluding steroid dienone is 4. The average Bonchev–Trinajstić information content (AvgIpc) is 3.27. The van der Waals surface area contributed by atoms with Gasteiger partial charge in [0.15, 0.2) is 0 Å². The normalized spacial score (nSPS) is 16.4. The molecule has 3 aromatic rings. The van der Waals surface area contributed by atoms with Gasteiger partial charge < -0.3 is 24.8 Å². The third kappa shape index (κ3) is 3.31. The predicted octanol–water partition coefficient (Wildman–Crippen LogP) is 0.182. The number of halogens is 2. The molecule has 0 heterocycles. The quantitative estimate of drug-likeness (QED) is 0.397.